The smallest absolute Gasteiger partial charge is 0.234 e. The molecule has 1 fully saturated rings. The van der Waals surface area contributed by atoms with Crippen molar-refractivity contribution in [2.24, 2.45) is 0 Å². The maximum absolute atomic E-state index is 11.7. The van der Waals surface area contributed by atoms with Gasteiger partial charge >= 0.3 is 0 Å². The summed E-state index contributed by atoms with van der Waals surface area (Å²) in [5.41, 5.74) is 1.10. The van der Waals surface area contributed by atoms with Crippen LogP contribution in [0.25, 0.3) is 0 Å². The Bertz CT molecular complexity index is 400. The average Bonchev–Trinajstić information content (AvgIpc) is 2.42. The number of phenolic OH excluding ortho intramolecular Hbond substituents is 1. The van der Waals surface area contributed by atoms with Crippen LogP contribution in [-0.2, 0) is 16.0 Å². The monoisotopic (exact) mass is 264 g/mol. The standard InChI is InChI=1S/C14H20N2O3/c17-13-3-1-12(2-4-13)5-6-15-14(18)11-16-7-9-19-10-8-16/h1-4,17H,5-11H2,(H,15,18). The molecule has 1 aromatic rings. The molecule has 1 saturated heterocycles. The van der Waals surface area contributed by atoms with Gasteiger partial charge in [0.05, 0.1) is 19.8 Å². The second-order valence-electron chi connectivity index (χ2n) is 4.65. The van der Waals surface area contributed by atoms with E-state index < -0.39 is 0 Å². The minimum atomic E-state index is 0.0562. The van der Waals surface area contributed by atoms with Gasteiger partial charge in [0.1, 0.15) is 5.75 Å². The average molecular weight is 264 g/mol. The van der Waals surface area contributed by atoms with Crippen LogP contribution in [0.1, 0.15) is 5.56 Å². The summed E-state index contributed by atoms with van der Waals surface area (Å²) in [6.07, 6.45) is 0.773. The first-order chi connectivity index (χ1) is 9.24. The number of benzene rings is 1. The van der Waals surface area contributed by atoms with E-state index in [0.717, 1.165) is 25.1 Å². The molecule has 0 radical (unpaired) electrons. The molecule has 0 spiro atoms. The molecule has 5 nitrogen and oxygen atoms in total. The predicted octanol–water partition coefficient (Wildman–Crippen LogP) is 0.383. The number of aromatic hydroxyl groups is 1. The van der Waals surface area contributed by atoms with Crippen molar-refractivity contribution in [3.05, 3.63) is 29.8 Å². The number of hydrogen-bond donors (Lipinski definition) is 2. The van der Waals surface area contributed by atoms with Crippen molar-refractivity contribution in [1.82, 2.24) is 10.2 Å². The lowest BCUT2D eigenvalue weighted by molar-refractivity contribution is -0.123. The number of carbonyl (C=O) groups excluding carboxylic acids is 1. The van der Waals surface area contributed by atoms with E-state index in [1.54, 1.807) is 12.1 Å². The molecule has 5 heteroatoms. The highest BCUT2D eigenvalue weighted by molar-refractivity contribution is 5.78. The van der Waals surface area contributed by atoms with E-state index in [1.807, 2.05) is 12.1 Å². The fourth-order valence-corrected chi connectivity index (χ4v) is 2.03. The Morgan fingerprint density at radius 2 is 1.95 bits per heavy atom. The van der Waals surface area contributed by atoms with Gasteiger partial charge < -0.3 is 15.2 Å². The Labute approximate surface area is 113 Å². The van der Waals surface area contributed by atoms with E-state index in [2.05, 4.69) is 10.2 Å². The lowest BCUT2D eigenvalue weighted by Crippen LogP contribution is -2.43. The van der Waals surface area contributed by atoms with Crippen molar-refractivity contribution in [2.75, 3.05) is 39.4 Å². The summed E-state index contributed by atoms with van der Waals surface area (Å²) in [7, 11) is 0. The third kappa shape index (κ3) is 4.89. The topological polar surface area (TPSA) is 61.8 Å². The number of nitrogens with one attached hydrogen (secondary N) is 1. The summed E-state index contributed by atoms with van der Waals surface area (Å²) in [5.74, 6) is 0.320. The summed E-state index contributed by atoms with van der Waals surface area (Å²) in [6.45, 7) is 4.13. The number of rotatable bonds is 5. The van der Waals surface area contributed by atoms with Crippen LogP contribution in [0.4, 0.5) is 0 Å². The number of phenols is 1. The third-order valence-corrected chi connectivity index (χ3v) is 3.14. The van der Waals surface area contributed by atoms with Crippen LogP contribution in [-0.4, -0.2) is 55.3 Å². The van der Waals surface area contributed by atoms with Crippen LogP contribution >= 0.6 is 0 Å². The van der Waals surface area contributed by atoms with Gasteiger partial charge in [-0.15, -0.1) is 0 Å². The SMILES string of the molecule is O=C(CN1CCOCC1)NCCc1ccc(O)cc1. The quantitative estimate of drug-likeness (QED) is 0.807. The van der Waals surface area contributed by atoms with Crippen molar-refractivity contribution in [3.8, 4) is 5.75 Å². The van der Waals surface area contributed by atoms with E-state index in [0.29, 0.717) is 26.3 Å². The van der Waals surface area contributed by atoms with Crippen LogP contribution in [0.5, 0.6) is 5.75 Å². The van der Waals surface area contributed by atoms with Crippen LogP contribution in [0.3, 0.4) is 0 Å². The van der Waals surface area contributed by atoms with Gasteiger partial charge in [0, 0.05) is 19.6 Å². The molecular weight excluding hydrogens is 244 g/mol. The first-order valence-electron chi connectivity index (χ1n) is 6.59. The number of carbonyl (C=O) groups is 1. The zero-order valence-electron chi connectivity index (χ0n) is 11.0. The highest BCUT2D eigenvalue weighted by Gasteiger charge is 2.13. The van der Waals surface area contributed by atoms with Gasteiger partial charge in [0.15, 0.2) is 0 Å². The minimum absolute atomic E-state index is 0.0562. The molecule has 1 aliphatic rings. The molecule has 1 aliphatic heterocycles. The Hall–Kier alpha value is -1.59. The number of amides is 1. The number of nitrogens with zero attached hydrogens (tertiary/aromatic N) is 1. The number of ether oxygens (including phenoxy) is 1. The van der Waals surface area contributed by atoms with Gasteiger partial charge in [0.2, 0.25) is 5.91 Å². The van der Waals surface area contributed by atoms with Crippen molar-refractivity contribution in [1.29, 1.82) is 0 Å². The van der Waals surface area contributed by atoms with Crippen LogP contribution in [0, 0.1) is 0 Å². The highest BCUT2D eigenvalue weighted by Crippen LogP contribution is 2.09. The van der Waals surface area contributed by atoms with Gasteiger partial charge in [-0.1, -0.05) is 12.1 Å². The molecular formula is C14H20N2O3. The maximum Gasteiger partial charge on any atom is 0.234 e. The number of hydrogen-bond acceptors (Lipinski definition) is 4. The minimum Gasteiger partial charge on any atom is -0.508 e. The molecule has 2 N–H and O–H groups in total. The summed E-state index contributed by atoms with van der Waals surface area (Å²) >= 11 is 0. The van der Waals surface area contributed by atoms with Gasteiger partial charge in [-0.2, -0.15) is 0 Å². The fraction of sp³-hybridized carbons (Fsp3) is 0.500. The highest BCUT2D eigenvalue weighted by atomic mass is 16.5. The van der Waals surface area contributed by atoms with Crippen molar-refractivity contribution in [3.63, 3.8) is 0 Å². The van der Waals surface area contributed by atoms with E-state index in [9.17, 15) is 4.79 Å². The van der Waals surface area contributed by atoms with Crippen LogP contribution < -0.4 is 5.32 Å². The van der Waals surface area contributed by atoms with Crippen LogP contribution in [0.15, 0.2) is 24.3 Å². The molecule has 0 aliphatic carbocycles. The Balaban J connectivity index is 1.64. The summed E-state index contributed by atoms with van der Waals surface area (Å²) in [5, 5.41) is 12.1. The Morgan fingerprint density at radius 1 is 1.26 bits per heavy atom. The summed E-state index contributed by atoms with van der Waals surface area (Å²) in [6, 6.07) is 7.04. The lowest BCUT2D eigenvalue weighted by atomic mass is 10.1. The van der Waals surface area contributed by atoms with E-state index in [-0.39, 0.29) is 11.7 Å². The summed E-state index contributed by atoms with van der Waals surface area (Å²) in [4.78, 5) is 13.8. The van der Waals surface area contributed by atoms with Gasteiger partial charge in [-0.25, -0.2) is 0 Å². The van der Waals surface area contributed by atoms with Gasteiger partial charge in [0.25, 0.3) is 0 Å². The normalized spacial score (nSPS) is 16.2. The predicted molar refractivity (Wildman–Crippen MR) is 72.1 cm³/mol. The second-order valence-corrected chi connectivity index (χ2v) is 4.65. The molecule has 0 saturated carbocycles. The zero-order valence-corrected chi connectivity index (χ0v) is 11.0. The molecule has 0 atom stereocenters. The van der Waals surface area contributed by atoms with Crippen molar-refractivity contribution in [2.45, 2.75) is 6.42 Å². The second kappa shape index (κ2) is 7.11. The van der Waals surface area contributed by atoms with E-state index in [1.165, 1.54) is 0 Å². The molecule has 1 amide bonds. The van der Waals surface area contributed by atoms with Crippen molar-refractivity contribution >= 4 is 5.91 Å². The summed E-state index contributed by atoms with van der Waals surface area (Å²) < 4.78 is 5.24. The molecule has 2 rings (SSSR count). The first kappa shape index (κ1) is 13.8. The van der Waals surface area contributed by atoms with Gasteiger partial charge in [-0.3, -0.25) is 9.69 Å². The van der Waals surface area contributed by atoms with Crippen LogP contribution in [0.2, 0.25) is 0 Å². The number of morpholine rings is 1. The molecule has 104 valence electrons. The lowest BCUT2D eigenvalue weighted by Gasteiger charge is -2.25. The largest absolute Gasteiger partial charge is 0.508 e. The fourth-order valence-electron chi connectivity index (χ4n) is 2.03. The molecule has 0 bridgehead atoms. The zero-order chi connectivity index (χ0) is 13.5. The first-order valence-corrected chi connectivity index (χ1v) is 6.59. The third-order valence-electron chi connectivity index (χ3n) is 3.14. The Morgan fingerprint density at radius 3 is 2.63 bits per heavy atom. The molecule has 1 heterocycles. The Kier molecular flexibility index (Phi) is 5.18. The van der Waals surface area contributed by atoms with Crippen molar-refractivity contribution < 1.29 is 14.6 Å². The molecule has 19 heavy (non-hydrogen) atoms. The molecule has 1 aromatic carbocycles. The molecule has 0 unspecified atom stereocenters. The van der Waals surface area contributed by atoms with Gasteiger partial charge in [-0.05, 0) is 24.1 Å². The molecule has 0 aromatic heterocycles. The maximum atomic E-state index is 11.7. The van der Waals surface area contributed by atoms with E-state index in [4.69, 9.17) is 9.84 Å². The van der Waals surface area contributed by atoms with E-state index >= 15 is 0 Å².